The molecule has 0 spiro atoms. The van der Waals surface area contributed by atoms with Gasteiger partial charge in [0.2, 0.25) is 0 Å². The molecule has 17 heavy (non-hydrogen) atoms. The number of carbonyl (C=O) groups excluding carboxylic acids is 1. The molecule has 2 rings (SSSR count). The molecule has 0 fully saturated rings. The van der Waals surface area contributed by atoms with Gasteiger partial charge in [-0.05, 0) is 24.3 Å². The molecule has 0 saturated carbocycles. The zero-order valence-electron chi connectivity index (χ0n) is 9.48. The van der Waals surface area contributed by atoms with E-state index in [0.717, 1.165) is 15.3 Å². The Hall–Kier alpha value is -1.39. The molecule has 0 aliphatic carbocycles. The molecule has 0 unspecified atom stereocenters. The van der Waals surface area contributed by atoms with Crippen LogP contribution in [0.3, 0.4) is 0 Å². The van der Waals surface area contributed by atoms with Crippen molar-refractivity contribution in [1.82, 2.24) is 9.88 Å². The third-order valence-electron chi connectivity index (χ3n) is 2.23. The Morgan fingerprint density at radius 2 is 2.06 bits per heavy atom. The lowest BCUT2D eigenvalue weighted by molar-refractivity contribution is 0.0832. The maximum absolute atomic E-state index is 11.7. The van der Waals surface area contributed by atoms with Crippen LogP contribution in [0.4, 0.5) is 0 Å². The van der Waals surface area contributed by atoms with Gasteiger partial charge in [-0.3, -0.25) is 4.79 Å². The fourth-order valence-corrected chi connectivity index (χ4v) is 2.48. The first kappa shape index (κ1) is 12.1. The molecule has 2 aromatic heterocycles. The smallest absolute Gasteiger partial charge is 0.263 e. The van der Waals surface area contributed by atoms with Gasteiger partial charge in [0.1, 0.15) is 5.15 Å². The molecule has 0 aromatic carbocycles. The Kier molecular flexibility index (Phi) is 3.45. The number of hydrogen-bond acceptors (Lipinski definition) is 3. The molecule has 0 aliphatic heterocycles. The van der Waals surface area contributed by atoms with Crippen molar-refractivity contribution in [2.45, 2.75) is 0 Å². The highest BCUT2D eigenvalue weighted by Gasteiger charge is 2.11. The Morgan fingerprint density at radius 1 is 1.29 bits per heavy atom. The highest BCUT2D eigenvalue weighted by Crippen LogP contribution is 2.28. The molecule has 0 atom stereocenters. The summed E-state index contributed by atoms with van der Waals surface area (Å²) in [6.45, 7) is 0. The summed E-state index contributed by atoms with van der Waals surface area (Å²) < 4.78 is 0. The van der Waals surface area contributed by atoms with Gasteiger partial charge in [-0.15, -0.1) is 11.3 Å². The zero-order valence-corrected chi connectivity index (χ0v) is 11.0. The zero-order chi connectivity index (χ0) is 12.4. The summed E-state index contributed by atoms with van der Waals surface area (Å²) in [5, 5.41) is 0.467. The number of nitrogens with zero attached hydrogens (tertiary/aromatic N) is 2. The number of hydrogen-bond donors (Lipinski definition) is 0. The molecule has 2 aromatic rings. The van der Waals surface area contributed by atoms with Crippen molar-refractivity contribution in [2.24, 2.45) is 0 Å². The quantitative estimate of drug-likeness (QED) is 0.783. The second-order valence-electron chi connectivity index (χ2n) is 3.73. The van der Waals surface area contributed by atoms with Crippen LogP contribution in [0.25, 0.3) is 10.4 Å². The van der Waals surface area contributed by atoms with E-state index in [0.29, 0.717) is 5.15 Å². The van der Waals surface area contributed by atoms with E-state index < -0.39 is 0 Å². The lowest BCUT2D eigenvalue weighted by atomic mass is 10.2. The lowest BCUT2D eigenvalue weighted by Crippen LogP contribution is -2.20. The molecule has 3 nitrogen and oxygen atoms in total. The molecule has 1 amide bonds. The lowest BCUT2D eigenvalue weighted by Gasteiger charge is -2.07. The van der Waals surface area contributed by atoms with E-state index in [1.165, 1.54) is 11.3 Å². The summed E-state index contributed by atoms with van der Waals surface area (Å²) in [6, 6.07) is 7.39. The molecule has 0 bridgehead atoms. The molecule has 0 aliphatic rings. The van der Waals surface area contributed by atoms with Crippen molar-refractivity contribution >= 4 is 28.8 Å². The second-order valence-corrected chi connectivity index (χ2v) is 5.20. The van der Waals surface area contributed by atoms with Crippen LogP contribution >= 0.6 is 22.9 Å². The molecular formula is C12H11ClN2OS. The fourth-order valence-electron chi connectivity index (χ4n) is 1.35. The summed E-state index contributed by atoms with van der Waals surface area (Å²) >= 11 is 7.18. The standard InChI is InChI=1S/C12H11ClN2OS/c1-15(2)12(16)10-5-4-9(17-10)8-3-6-11(13)14-7-8/h3-7H,1-2H3. The molecule has 2 heterocycles. The highest BCUT2D eigenvalue weighted by molar-refractivity contribution is 7.17. The van der Waals surface area contributed by atoms with E-state index in [9.17, 15) is 4.79 Å². The first-order chi connectivity index (χ1) is 8.08. The van der Waals surface area contributed by atoms with Gasteiger partial charge in [0.15, 0.2) is 0 Å². The molecular weight excluding hydrogens is 256 g/mol. The summed E-state index contributed by atoms with van der Waals surface area (Å²) in [6.07, 6.45) is 1.71. The van der Waals surface area contributed by atoms with Crippen LogP contribution in [0, 0.1) is 0 Å². The topological polar surface area (TPSA) is 33.2 Å². The maximum atomic E-state index is 11.7. The van der Waals surface area contributed by atoms with Crippen molar-refractivity contribution in [1.29, 1.82) is 0 Å². The first-order valence-corrected chi connectivity index (χ1v) is 6.21. The second kappa shape index (κ2) is 4.85. The van der Waals surface area contributed by atoms with Crippen molar-refractivity contribution in [3.63, 3.8) is 0 Å². The third kappa shape index (κ3) is 2.65. The van der Waals surface area contributed by atoms with Crippen LogP contribution in [0.2, 0.25) is 5.15 Å². The van der Waals surface area contributed by atoms with Gasteiger partial charge in [-0.2, -0.15) is 0 Å². The number of amides is 1. The Morgan fingerprint density at radius 3 is 2.65 bits per heavy atom. The molecule has 0 saturated heterocycles. The highest BCUT2D eigenvalue weighted by atomic mass is 35.5. The predicted molar refractivity (Wildman–Crippen MR) is 70.6 cm³/mol. The average Bonchev–Trinajstić information content (AvgIpc) is 2.78. The minimum atomic E-state index is 0.0168. The van der Waals surface area contributed by atoms with Crippen LogP contribution in [-0.4, -0.2) is 29.9 Å². The maximum Gasteiger partial charge on any atom is 0.263 e. The van der Waals surface area contributed by atoms with E-state index in [1.54, 1.807) is 31.3 Å². The van der Waals surface area contributed by atoms with Crippen LogP contribution < -0.4 is 0 Å². The Labute approximate surface area is 109 Å². The molecule has 0 N–H and O–H groups in total. The summed E-state index contributed by atoms with van der Waals surface area (Å²) in [4.78, 5) is 19.1. The largest absolute Gasteiger partial charge is 0.344 e. The predicted octanol–water partition coefficient (Wildman–Crippen LogP) is 3.17. The molecule has 0 radical (unpaired) electrons. The SMILES string of the molecule is CN(C)C(=O)c1ccc(-c2ccc(Cl)nc2)s1. The minimum absolute atomic E-state index is 0.0168. The van der Waals surface area contributed by atoms with Crippen LogP contribution in [0.5, 0.6) is 0 Å². The van der Waals surface area contributed by atoms with Crippen molar-refractivity contribution in [3.8, 4) is 10.4 Å². The van der Waals surface area contributed by atoms with Crippen molar-refractivity contribution in [3.05, 3.63) is 40.5 Å². The summed E-state index contributed by atoms with van der Waals surface area (Å²) in [5.41, 5.74) is 0.970. The normalized spacial score (nSPS) is 10.3. The molecule has 5 heteroatoms. The van der Waals surface area contributed by atoms with E-state index in [1.807, 2.05) is 18.2 Å². The van der Waals surface area contributed by atoms with Gasteiger partial charge in [-0.1, -0.05) is 11.6 Å². The van der Waals surface area contributed by atoms with Gasteiger partial charge in [0.25, 0.3) is 5.91 Å². The first-order valence-electron chi connectivity index (χ1n) is 5.01. The summed E-state index contributed by atoms with van der Waals surface area (Å²) in [5.74, 6) is 0.0168. The van der Waals surface area contributed by atoms with Gasteiger partial charge in [-0.25, -0.2) is 4.98 Å². The van der Waals surface area contributed by atoms with Crippen LogP contribution in [-0.2, 0) is 0 Å². The van der Waals surface area contributed by atoms with E-state index >= 15 is 0 Å². The number of aromatic nitrogens is 1. The number of pyridine rings is 1. The number of halogens is 1. The van der Waals surface area contributed by atoms with Crippen LogP contribution in [0.1, 0.15) is 9.67 Å². The monoisotopic (exact) mass is 266 g/mol. The molecule has 88 valence electrons. The number of thiophene rings is 1. The van der Waals surface area contributed by atoms with Gasteiger partial charge >= 0.3 is 0 Å². The number of rotatable bonds is 2. The average molecular weight is 267 g/mol. The summed E-state index contributed by atoms with van der Waals surface area (Å²) in [7, 11) is 3.48. The van der Waals surface area contributed by atoms with E-state index in [4.69, 9.17) is 11.6 Å². The van der Waals surface area contributed by atoms with Gasteiger partial charge in [0, 0.05) is 30.7 Å². The van der Waals surface area contributed by atoms with Crippen molar-refractivity contribution < 1.29 is 4.79 Å². The van der Waals surface area contributed by atoms with Gasteiger partial charge in [0.05, 0.1) is 4.88 Å². The third-order valence-corrected chi connectivity index (χ3v) is 3.58. The fraction of sp³-hybridized carbons (Fsp3) is 0.167. The minimum Gasteiger partial charge on any atom is -0.344 e. The van der Waals surface area contributed by atoms with Gasteiger partial charge < -0.3 is 4.90 Å². The van der Waals surface area contributed by atoms with Crippen LogP contribution in [0.15, 0.2) is 30.5 Å². The van der Waals surface area contributed by atoms with E-state index in [-0.39, 0.29) is 5.91 Å². The van der Waals surface area contributed by atoms with E-state index in [2.05, 4.69) is 4.98 Å². The Bertz CT molecular complexity index is 534. The Balaban J connectivity index is 2.30. The van der Waals surface area contributed by atoms with Crippen molar-refractivity contribution in [2.75, 3.05) is 14.1 Å². The number of carbonyl (C=O) groups is 1.